The van der Waals surface area contributed by atoms with Gasteiger partial charge < -0.3 is 10.5 Å². The molecule has 0 spiro atoms. The standard InChI is InChI=1S/C14H22N2O/c1-10-5-6-11(13(15)16)12(9-10)17-8-7-14(2,3)4/h5-6,9H,7-8H2,1-4H3,(H3,15,16). The van der Waals surface area contributed by atoms with Crippen molar-refractivity contribution in [2.75, 3.05) is 6.61 Å². The van der Waals surface area contributed by atoms with Crippen LogP contribution in [0.5, 0.6) is 5.75 Å². The summed E-state index contributed by atoms with van der Waals surface area (Å²) in [5, 5.41) is 7.50. The molecule has 0 saturated carbocycles. The van der Waals surface area contributed by atoms with Gasteiger partial charge in [-0.25, -0.2) is 0 Å². The van der Waals surface area contributed by atoms with Crippen LogP contribution in [0.3, 0.4) is 0 Å². The molecule has 0 bridgehead atoms. The number of aryl methyl sites for hydroxylation is 1. The van der Waals surface area contributed by atoms with Gasteiger partial charge in [-0.3, -0.25) is 5.41 Å². The van der Waals surface area contributed by atoms with Crippen LogP contribution in [0.25, 0.3) is 0 Å². The first kappa shape index (κ1) is 13.6. The number of nitrogen functional groups attached to an aromatic ring is 1. The third kappa shape index (κ3) is 4.47. The molecule has 0 amide bonds. The summed E-state index contributed by atoms with van der Waals surface area (Å²) in [6.07, 6.45) is 0.971. The molecule has 3 heteroatoms. The molecule has 0 aliphatic carbocycles. The first-order chi connectivity index (χ1) is 7.79. The van der Waals surface area contributed by atoms with Crippen molar-refractivity contribution in [1.82, 2.24) is 0 Å². The smallest absolute Gasteiger partial charge is 0.130 e. The highest BCUT2D eigenvalue weighted by molar-refractivity contribution is 5.97. The molecule has 0 unspecified atom stereocenters. The normalized spacial score (nSPS) is 11.3. The zero-order chi connectivity index (χ0) is 13.1. The van der Waals surface area contributed by atoms with E-state index in [1.807, 2.05) is 25.1 Å². The SMILES string of the molecule is Cc1ccc(C(=N)N)c(OCCC(C)(C)C)c1. The molecule has 1 rings (SSSR count). The van der Waals surface area contributed by atoms with Crippen LogP contribution in [-0.2, 0) is 0 Å². The Kier molecular flexibility index (Phi) is 4.16. The number of hydrogen-bond acceptors (Lipinski definition) is 2. The van der Waals surface area contributed by atoms with E-state index >= 15 is 0 Å². The predicted molar refractivity (Wildman–Crippen MR) is 71.8 cm³/mol. The topological polar surface area (TPSA) is 59.1 Å². The number of rotatable bonds is 4. The van der Waals surface area contributed by atoms with Gasteiger partial charge in [-0.2, -0.15) is 0 Å². The van der Waals surface area contributed by atoms with Crippen molar-refractivity contribution in [2.24, 2.45) is 11.1 Å². The zero-order valence-electron chi connectivity index (χ0n) is 11.1. The van der Waals surface area contributed by atoms with E-state index in [1.54, 1.807) is 0 Å². The number of ether oxygens (including phenoxy) is 1. The molecule has 0 aliphatic heterocycles. The van der Waals surface area contributed by atoms with E-state index in [2.05, 4.69) is 20.8 Å². The van der Waals surface area contributed by atoms with Crippen molar-refractivity contribution in [3.63, 3.8) is 0 Å². The molecule has 0 aliphatic rings. The number of nitrogens with one attached hydrogen (secondary N) is 1. The van der Waals surface area contributed by atoms with Crippen molar-refractivity contribution in [1.29, 1.82) is 5.41 Å². The van der Waals surface area contributed by atoms with Crippen LogP contribution >= 0.6 is 0 Å². The molecule has 3 N–H and O–H groups in total. The van der Waals surface area contributed by atoms with E-state index in [4.69, 9.17) is 15.9 Å². The molecule has 1 aromatic rings. The van der Waals surface area contributed by atoms with Crippen LogP contribution in [0.4, 0.5) is 0 Å². The number of nitrogens with two attached hydrogens (primary N) is 1. The van der Waals surface area contributed by atoms with Gasteiger partial charge in [-0.15, -0.1) is 0 Å². The molecule has 0 saturated heterocycles. The third-order valence-corrected chi connectivity index (χ3v) is 2.54. The molecule has 3 nitrogen and oxygen atoms in total. The minimum atomic E-state index is 0.0516. The Hall–Kier alpha value is -1.51. The summed E-state index contributed by atoms with van der Waals surface area (Å²) in [5.41, 5.74) is 7.56. The number of benzene rings is 1. The molecular weight excluding hydrogens is 212 g/mol. The highest BCUT2D eigenvalue weighted by atomic mass is 16.5. The fourth-order valence-corrected chi connectivity index (χ4v) is 1.44. The summed E-state index contributed by atoms with van der Waals surface area (Å²) in [6, 6.07) is 5.71. The highest BCUT2D eigenvalue weighted by Gasteiger charge is 2.12. The Bertz CT molecular complexity index is 405. The first-order valence-electron chi connectivity index (χ1n) is 5.87. The van der Waals surface area contributed by atoms with Gasteiger partial charge in [0.05, 0.1) is 12.2 Å². The van der Waals surface area contributed by atoms with Gasteiger partial charge in [0.1, 0.15) is 11.6 Å². The molecule has 94 valence electrons. The Morgan fingerprint density at radius 2 is 2.00 bits per heavy atom. The number of amidine groups is 1. The van der Waals surface area contributed by atoms with Crippen molar-refractivity contribution in [2.45, 2.75) is 34.1 Å². The van der Waals surface area contributed by atoms with Gasteiger partial charge in [0.25, 0.3) is 0 Å². The minimum absolute atomic E-state index is 0.0516. The summed E-state index contributed by atoms with van der Waals surface area (Å²) < 4.78 is 5.73. The van der Waals surface area contributed by atoms with Gasteiger partial charge in [-0.05, 0) is 36.5 Å². The van der Waals surface area contributed by atoms with E-state index in [0.717, 1.165) is 12.0 Å². The highest BCUT2D eigenvalue weighted by Crippen LogP contribution is 2.23. The van der Waals surface area contributed by atoms with Crippen LogP contribution in [0, 0.1) is 17.7 Å². The molecule has 0 radical (unpaired) electrons. The lowest BCUT2D eigenvalue weighted by Crippen LogP contribution is -2.15. The molecule has 0 aromatic heterocycles. The molecule has 0 fully saturated rings. The van der Waals surface area contributed by atoms with E-state index < -0.39 is 0 Å². The summed E-state index contributed by atoms with van der Waals surface area (Å²) in [7, 11) is 0. The second-order valence-corrected chi connectivity index (χ2v) is 5.57. The van der Waals surface area contributed by atoms with Crippen LogP contribution in [0.15, 0.2) is 18.2 Å². The van der Waals surface area contributed by atoms with Gasteiger partial charge in [-0.1, -0.05) is 26.8 Å². The van der Waals surface area contributed by atoms with Crippen molar-refractivity contribution < 1.29 is 4.74 Å². The predicted octanol–water partition coefficient (Wildman–Crippen LogP) is 3.09. The van der Waals surface area contributed by atoms with Crippen molar-refractivity contribution in [3.8, 4) is 5.75 Å². The van der Waals surface area contributed by atoms with Gasteiger partial charge in [0.2, 0.25) is 0 Å². The fourth-order valence-electron chi connectivity index (χ4n) is 1.44. The third-order valence-electron chi connectivity index (χ3n) is 2.54. The quantitative estimate of drug-likeness (QED) is 0.621. The van der Waals surface area contributed by atoms with Crippen LogP contribution in [0.2, 0.25) is 0 Å². The maximum absolute atomic E-state index is 7.50. The average Bonchev–Trinajstić information content (AvgIpc) is 2.15. The Labute approximate surface area is 103 Å². The molecule has 0 heterocycles. The summed E-state index contributed by atoms with van der Waals surface area (Å²) in [5.74, 6) is 0.762. The van der Waals surface area contributed by atoms with Gasteiger partial charge in [0.15, 0.2) is 0 Å². The molecule has 17 heavy (non-hydrogen) atoms. The molecular formula is C14H22N2O. The molecule has 1 aromatic carbocycles. The minimum Gasteiger partial charge on any atom is -0.493 e. The van der Waals surface area contributed by atoms with Gasteiger partial charge >= 0.3 is 0 Å². The maximum Gasteiger partial charge on any atom is 0.130 e. The summed E-state index contributed by atoms with van der Waals surface area (Å²) >= 11 is 0. The molecule has 0 atom stereocenters. The maximum atomic E-state index is 7.50. The Morgan fingerprint density at radius 1 is 1.35 bits per heavy atom. The lowest BCUT2D eigenvalue weighted by atomic mass is 9.93. The zero-order valence-corrected chi connectivity index (χ0v) is 11.1. The second kappa shape index (κ2) is 5.21. The van der Waals surface area contributed by atoms with E-state index in [1.165, 1.54) is 0 Å². The monoisotopic (exact) mass is 234 g/mol. The van der Waals surface area contributed by atoms with Crippen LogP contribution < -0.4 is 10.5 Å². The Morgan fingerprint density at radius 3 is 2.53 bits per heavy atom. The number of hydrogen-bond donors (Lipinski definition) is 2. The lowest BCUT2D eigenvalue weighted by Gasteiger charge is -2.19. The summed E-state index contributed by atoms with van der Waals surface area (Å²) in [6.45, 7) is 9.18. The summed E-state index contributed by atoms with van der Waals surface area (Å²) in [4.78, 5) is 0. The van der Waals surface area contributed by atoms with Gasteiger partial charge in [0, 0.05) is 0 Å². The first-order valence-corrected chi connectivity index (χ1v) is 5.87. The fraction of sp³-hybridized carbons (Fsp3) is 0.500. The average molecular weight is 234 g/mol. The van der Waals surface area contributed by atoms with Crippen molar-refractivity contribution >= 4 is 5.84 Å². The van der Waals surface area contributed by atoms with Crippen LogP contribution in [0.1, 0.15) is 38.3 Å². The van der Waals surface area contributed by atoms with Crippen LogP contribution in [-0.4, -0.2) is 12.4 Å². The van der Waals surface area contributed by atoms with E-state index in [-0.39, 0.29) is 11.3 Å². The van der Waals surface area contributed by atoms with E-state index in [0.29, 0.717) is 17.9 Å². The Balaban J connectivity index is 2.75. The lowest BCUT2D eigenvalue weighted by molar-refractivity contribution is 0.242. The van der Waals surface area contributed by atoms with Crippen molar-refractivity contribution in [3.05, 3.63) is 29.3 Å². The second-order valence-electron chi connectivity index (χ2n) is 5.57. The van der Waals surface area contributed by atoms with E-state index in [9.17, 15) is 0 Å². The largest absolute Gasteiger partial charge is 0.493 e.